The number of piperazine rings is 1. The predicted molar refractivity (Wildman–Crippen MR) is 101 cm³/mol. The van der Waals surface area contributed by atoms with E-state index in [2.05, 4.69) is 11.8 Å². The zero-order valence-electron chi connectivity index (χ0n) is 15.8. The van der Waals surface area contributed by atoms with Gasteiger partial charge in [0.25, 0.3) is 0 Å². The fourth-order valence-corrected chi connectivity index (χ4v) is 5.12. The van der Waals surface area contributed by atoms with E-state index in [0.717, 1.165) is 40.7 Å². The monoisotopic (exact) mass is 391 g/mol. The summed E-state index contributed by atoms with van der Waals surface area (Å²) >= 11 is 6.48. The van der Waals surface area contributed by atoms with Crippen molar-refractivity contribution in [2.24, 2.45) is 5.41 Å². The second kappa shape index (κ2) is 6.21. The number of halogens is 1. The lowest BCUT2D eigenvalue weighted by atomic mass is 9.67. The number of carbonyl (C=O) groups is 3. The number of quaternary nitrogens is 1. The molecule has 0 bridgehead atoms. The van der Waals surface area contributed by atoms with E-state index in [1.165, 1.54) is 19.0 Å². The van der Waals surface area contributed by atoms with Crippen molar-refractivity contribution < 1.29 is 19.3 Å². The number of anilines is 1. The molecular weight excluding hydrogens is 368 g/mol. The number of barbiturate groups is 1. The standard InChI is InChI=1S/C19H23ClN4O3/c1-4-23-8-9-24-14-7-5-6-13(20)12(14)10-19(15(24)11-23)16(25)21(2)18(27)22(3)17(19)26/h5-7,15H,4,8-11H2,1-3H3/p+1/t15-/m0/s1. The number of carbonyl (C=O) groups excluding carboxylic acids is 3. The molecule has 3 aliphatic rings. The summed E-state index contributed by atoms with van der Waals surface area (Å²) < 4.78 is 0. The number of benzene rings is 1. The summed E-state index contributed by atoms with van der Waals surface area (Å²) in [6.45, 7) is 5.39. The smallest absolute Gasteiger partial charge is 0.332 e. The quantitative estimate of drug-likeness (QED) is 0.686. The molecule has 3 heterocycles. The third-order valence-electron chi connectivity index (χ3n) is 6.44. The maximum Gasteiger partial charge on any atom is 0.332 e. The minimum absolute atomic E-state index is 0.222. The van der Waals surface area contributed by atoms with Crippen molar-refractivity contribution in [2.75, 3.05) is 45.2 Å². The largest absolute Gasteiger partial charge is 0.355 e. The van der Waals surface area contributed by atoms with Crippen LogP contribution >= 0.6 is 11.6 Å². The van der Waals surface area contributed by atoms with Gasteiger partial charge in [0.2, 0.25) is 11.8 Å². The first-order chi connectivity index (χ1) is 12.8. The molecule has 4 rings (SSSR count). The van der Waals surface area contributed by atoms with Crippen LogP contribution in [0.15, 0.2) is 18.2 Å². The molecule has 1 aromatic carbocycles. The van der Waals surface area contributed by atoms with Crippen LogP contribution in [0.1, 0.15) is 12.5 Å². The van der Waals surface area contributed by atoms with Crippen molar-refractivity contribution in [1.29, 1.82) is 0 Å². The van der Waals surface area contributed by atoms with Crippen LogP contribution in [0.5, 0.6) is 0 Å². The van der Waals surface area contributed by atoms with Crippen LogP contribution in [0.4, 0.5) is 10.5 Å². The van der Waals surface area contributed by atoms with Crippen molar-refractivity contribution in [3.8, 4) is 0 Å². The minimum atomic E-state index is -1.32. The Labute approximate surface area is 163 Å². The first-order valence-electron chi connectivity index (χ1n) is 9.30. The number of fused-ring (bicyclic) bond motifs is 4. The molecule has 1 aromatic rings. The highest BCUT2D eigenvalue weighted by atomic mass is 35.5. The predicted octanol–water partition coefficient (Wildman–Crippen LogP) is 0.0263. The van der Waals surface area contributed by atoms with Crippen LogP contribution in [0.3, 0.4) is 0 Å². The molecule has 2 fully saturated rings. The lowest BCUT2D eigenvalue weighted by molar-refractivity contribution is -0.902. The first kappa shape index (κ1) is 18.3. The van der Waals surface area contributed by atoms with E-state index < -0.39 is 23.3 Å². The van der Waals surface area contributed by atoms with Gasteiger partial charge in [0.1, 0.15) is 6.04 Å². The molecule has 4 amide bonds. The van der Waals surface area contributed by atoms with Crippen LogP contribution in [-0.4, -0.2) is 74.0 Å². The number of likely N-dealkylation sites (N-methyl/N-ethyl adjacent to an activating group) is 1. The molecule has 2 atom stereocenters. The Hall–Kier alpha value is -2.12. The Morgan fingerprint density at radius 1 is 1.19 bits per heavy atom. The van der Waals surface area contributed by atoms with Crippen molar-refractivity contribution in [1.82, 2.24) is 9.80 Å². The van der Waals surface area contributed by atoms with Gasteiger partial charge in [-0.2, -0.15) is 0 Å². The maximum atomic E-state index is 13.4. The topological polar surface area (TPSA) is 65.4 Å². The molecule has 7 nitrogen and oxygen atoms in total. The zero-order valence-corrected chi connectivity index (χ0v) is 16.5. The summed E-state index contributed by atoms with van der Waals surface area (Å²) in [7, 11) is 2.91. The molecule has 2 saturated heterocycles. The van der Waals surface area contributed by atoms with Gasteiger partial charge in [-0.05, 0) is 24.6 Å². The van der Waals surface area contributed by atoms with Crippen molar-refractivity contribution in [3.05, 3.63) is 28.8 Å². The van der Waals surface area contributed by atoms with E-state index in [0.29, 0.717) is 11.6 Å². The zero-order chi connectivity index (χ0) is 19.5. The molecule has 0 radical (unpaired) electrons. The van der Waals surface area contributed by atoms with Gasteiger partial charge in [0, 0.05) is 31.2 Å². The molecule has 1 N–H and O–H groups in total. The van der Waals surface area contributed by atoms with Crippen LogP contribution in [-0.2, 0) is 16.0 Å². The van der Waals surface area contributed by atoms with Crippen LogP contribution in [0.25, 0.3) is 0 Å². The van der Waals surface area contributed by atoms with Crippen LogP contribution in [0, 0.1) is 5.41 Å². The van der Waals surface area contributed by atoms with Crippen LogP contribution in [0.2, 0.25) is 5.02 Å². The van der Waals surface area contributed by atoms with Crippen molar-refractivity contribution in [2.45, 2.75) is 19.4 Å². The Morgan fingerprint density at radius 2 is 1.85 bits per heavy atom. The average Bonchev–Trinajstić information content (AvgIpc) is 2.69. The minimum Gasteiger partial charge on any atom is -0.355 e. The summed E-state index contributed by atoms with van der Waals surface area (Å²) in [6, 6.07) is 4.82. The number of amides is 4. The van der Waals surface area contributed by atoms with Crippen molar-refractivity contribution >= 4 is 35.1 Å². The molecule has 0 aromatic heterocycles. The van der Waals surface area contributed by atoms with Gasteiger partial charge in [-0.25, -0.2) is 4.79 Å². The number of hydrogen-bond donors (Lipinski definition) is 1. The molecule has 1 spiro atoms. The summed E-state index contributed by atoms with van der Waals surface area (Å²) in [5.74, 6) is -0.845. The molecule has 3 aliphatic heterocycles. The number of nitrogens with zero attached hydrogens (tertiary/aromatic N) is 3. The number of nitrogens with one attached hydrogen (secondary N) is 1. The summed E-state index contributed by atoms with van der Waals surface area (Å²) in [6.07, 6.45) is 0.222. The molecular formula is C19H24ClN4O3+. The van der Waals surface area contributed by atoms with Gasteiger partial charge in [0.05, 0.1) is 26.2 Å². The van der Waals surface area contributed by atoms with E-state index in [1.807, 2.05) is 12.1 Å². The van der Waals surface area contributed by atoms with Crippen LogP contribution < -0.4 is 9.80 Å². The Morgan fingerprint density at radius 3 is 2.48 bits per heavy atom. The van der Waals surface area contributed by atoms with Crippen molar-refractivity contribution in [3.63, 3.8) is 0 Å². The fourth-order valence-electron chi connectivity index (χ4n) is 4.88. The molecule has 8 heteroatoms. The van der Waals surface area contributed by atoms with Gasteiger partial charge in [-0.1, -0.05) is 17.7 Å². The molecule has 0 saturated carbocycles. The Kier molecular flexibility index (Phi) is 4.20. The highest BCUT2D eigenvalue weighted by Crippen LogP contribution is 2.47. The molecule has 144 valence electrons. The number of hydrogen-bond acceptors (Lipinski definition) is 4. The normalized spacial score (nSPS) is 27.1. The molecule has 27 heavy (non-hydrogen) atoms. The van der Waals surface area contributed by atoms with Gasteiger partial charge < -0.3 is 9.80 Å². The average molecular weight is 392 g/mol. The van der Waals surface area contributed by atoms with Gasteiger partial charge in [-0.3, -0.25) is 19.4 Å². The lowest BCUT2D eigenvalue weighted by Gasteiger charge is -2.54. The lowest BCUT2D eigenvalue weighted by Crippen LogP contribution is -3.16. The first-order valence-corrected chi connectivity index (χ1v) is 9.68. The Bertz CT molecular complexity index is 818. The number of urea groups is 1. The summed E-state index contributed by atoms with van der Waals surface area (Å²) in [5, 5.41) is 0.554. The van der Waals surface area contributed by atoms with Gasteiger partial charge >= 0.3 is 6.03 Å². The highest BCUT2D eigenvalue weighted by Gasteiger charge is 2.64. The number of imide groups is 2. The Balaban J connectivity index is 1.93. The summed E-state index contributed by atoms with van der Waals surface area (Å²) in [4.78, 5) is 44.9. The van der Waals surface area contributed by atoms with E-state index in [4.69, 9.17) is 11.6 Å². The molecule has 1 unspecified atom stereocenters. The third kappa shape index (κ3) is 2.34. The highest BCUT2D eigenvalue weighted by molar-refractivity contribution is 6.32. The second-order valence-electron chi connectivity index (χ2n) is 7.66. The van der Waals surface area contributed by atoms with Gasteiger partial charge in [0.15, 0.2) is 5.41 Å². The maximum absolute atomic E-state index is 13.4. The second-order valence-corrected chi connectivity index (χ2v) is 8.07. The fraction of sp³-hybridized carbons (Fsp3) is 0.526. The molecule has 0 aliphatic carbocycles. The number of rotatable bonds is 1. The van der Waals surface area contributed by atoms with E-state index in [9.17, 15) is 14.4 Å². The van der Waals surface area contributed by atoms with Gasteiger partial charge in [-0.15, -0.1) is 0 Å². The van der Waals surface area contributed by atoms with E-state index in [1.54, 1.807) is 6.07 Å². The summed E-state index contributed by atoms with van der Waals surface area (Å²) in [5.41, 5.74) is 0.486. The van der Waals surface area contributed by atoms with E-state index >= 15 is 0 Å². The SMILES string of the molecule is CC[NH+]1CCN2c3cccc(Cl)c3CC3(C(=O)N(C)C(=O)N(C)C3=O)[C@@H]2C1. The third-order valence-corrected chi connectivity index (χ3v) is 6.79. The van der Waals surface area contributed by atoms with E-state index in [-0.39, 0.29) is 12.5 Å².